The minimum Gasteiger partial charge on any atom is -0.201 e. The summed E-state index contributed by atoms with van der Waals surface area (Å²) in [5.41, 5.74) is 0.145. The van der Waals surface area contributed by atoms with Crippen LogP contribution in [0.3, 0.4) is 0 Å². The smallest absolute Gasteiger partial charge is 0.201 e. The van der Waals surface area contributed by atoms with Gasteiger partial charge in [-0.25, -0.2) is 8.78 Å². The van der Waals surface area contributed by atoms with Gasteiger partial charge in [-0.05, 0) is 23.3 Å². The first-order chi connectivity index (χ1) is 9.63. The van der Waals surface area contributed by atoms with Gasteiger partial charge in [-0.2, -0.15) is 0 Å². The highest BCUT2D eigenvalue weighted by atomic mass is 19.3. The Morgan fingerprint density at radius 1 is 0.850 bits per heavy atom. The molecule has 0 heterocycles. The van der Waals surface area contributed by atoms with Gasteiger partial charge in [-0.1, -0.05) is 69.0 Å². The molecule has 0 fully saturated rings. The second-order valence-electron chi connectivity index (χ2n) is 5.43. The van der Waals surface area contributed by atoms with Gasteiger partial charge in [-0.15, -0.1) is 0 Å². The van der Waals surface area contributed by atoms with Crippen LogP contribution in [0.4, 0.5) is 8.78 Å². The minimum absolute atomic E-state index is 0.0466. The summed E-state index contributed by atoms with van der Waals surface area (Å²) in [6, 6.07) is 12.6. The molecule has 20 heavy (non-hydrogen) atoms. The fraction of sp³-hybridized carbons (Fsp3) is 0.444. The predicted octanol–water partition coefficient (Wildman–Crippen LogP) is 6.29. The third-order valence-corrected chi connectivity index (χ3v) is 3.77. The third-order valence-electron chi connectivity index (χ3n) is 3.77. The van der Waals surface area contributed by atoms with Crippen molar-refractivity contribution in [3.8, 4) is 0 Å². The van der Waals surface area contributed by atoms with Gasteiger partial charge < -0.3 is 0 Å². The summed E-state index contributed by atoms with van der Waals surface area (Å²) in [4.78, 5) is 0. The van der Waals surface area contributed by atoms with E-state index in [0.717, 1.165) is 36.5 Å². The van der Waals surface area contributed by atoms with Crippen molar-refractivity contribution in [3.63, 3.8) is 0 Å². The number of benzene rings is 2. The van der Waals surface area contributed by atoms with E-state index in [1.807, 2.05) is 24.3 Å². The number of fused-ring (bicyclic) bond motifs is 1. The lowest BCUT2D eigenvalue weighted by Gasteiger charge is -2.17. The van der Waals surface area contributed by atoms with E-state index in [-0.39, 0.29) is 12.0 Å². The van der Waals surface area contributed by atoms with Crippen LogP contribution in [0.25, 0.3) is 10.8 Å². The lowest BCUT2D eigenvalue weighted by molar-refractivity contribution is -0.0157. The number of hydrogen-bond acceptors (Lipinski definition) is 0. The van der Waals surface area contributed by atoms with Gasteiger partial charge in [0.15, 0.2) is 0 Å². The lowest BCUT2D eigenvalue weighted by Crippen LogP contribution is -2.13. The molecule has 0 aliphatic heterocycles. The molecule has 0 bridgehead atoms. The molecule has 0 unspecified atom stereocenters. The summed E-state index contributed by atoms with van der Waals surface area (Å²) in [5, 5.41) is 1.89. The maximum absolute atomic E-state index is 14.2. The predicted molar refractivity (Wildman–Crippen MR) is 81.2 cm³/mol. The van der Waals surface area contributed by atoms with Crippen LogP contribution < -0.4 is 0 Å². The standard InChI is InChI=1S/C18H22F2/c1-2-3-4-5-8-13-18(19,20)17-12-11-15-9-6-7-10-16(15)14-17/h6-7,9-12,14H,2-5,8,13H2,1H3. The van der Waals surface area contributed by atoms with Crippen molar-refractivity contribution in [2.24, 2.45) is 0 Å². The summed E-state index contributed by atoms with van der Waals surface area (Å²) >= 11 is 0. The van der Waals surface area contributed by atoms with Crippen LogP contribution in [0.15, 0.2) is 42.5 Å². The van der Waals surface area contributed by atoms with E-state index in [1.54, 1.807) is 18.2 Å². The number of halogens is 2. The molecular weight excluding hydrogens is 254 g/mol. The largest absolute Gasteiger partial charge is 0.273 e. The highest BCUT2D eigenvalue weighted by Gasteiger charge is 2.30. The molecule has 0 N–H and O–H groups in total. The first kappa shape index (κ1) is 15.0. The van der Waals surface area contributed by atoms with Crippen molar-refractivity contribution in [1.82, 2.24) is 0 Å². The minimum atomic E-state index is -2.71. The molecule has 0 spiro atoms. The van der Waals surface area contributed by atoms with Gasteiger partial charge in [0, 0.05) is 12.0 Å². The average Bonchev–Trinajstić information content (AvgIpc) is 2.46. The molecule has 0 aliphatic carbocycles. The number of hydrogen-bond donors (Lipinski definition) is 0. The molecule has 108 valence electrons. The van der Waals surface area contributed by atoms with E-state index in [1.165, 1.54) is 0 Å². The zero-order chi connectivity index (χ0) is 14.4. The molecule has 2 aromatic rings. The second-order valence-corrected chi connectivity index (χ2v) is 5.43. The maximum Gasteiger partial charge on any atom is 0.273 e. The zero-order valence-corrected chi connectivity index (χ0v) is 12.0. The quantitative estimate of drug-likeness (QED) is 0.521. The number of alkyl halides is 2. The normalized spacial score (nSPS) is 11.9. The van der Waals surface area contributed by atoms with Gasteiger partial charge in [0.1, 0.15) is 0 Å². The second kappa shape index (κ2) is 6.83. The fourth-order valence-electron chi connectivity index (χ4n) is 2.51. The van der Waals surface area contributed by atoms with Crippen LogP contribution in [0.1, 0.15) is 51.0 Å². The van der Waals surface area contributed by atoms with Gasteiger partial charge in [0.2, 0.25) is 0 Å². The molecule has 2 aromatic carbocycles. The summed E-state index contributed by atoms with van der Waals surface area (Å²) in [6.45, 7) is 2.13. The van der Waals surface area contributed by atoms with Crippen molar-refractivity contribution in [3.05, 3.63) is 48.0 Å². The van der Waals surface area contributed by atoms with E-state index in [2.05, 4.69) is 6.92 Å². The van der Waals surface area contributed by atoms with Crippen molar-refractivity contribution in [2.75, 3.05) is 0 Å². The van der Waals surface area contributed by atoms with Gasteiger partial charge in [0.05, 0.1) is 0 Å². The molecule has 2 heteroatoms. The molecule has 0 radical (unpaired) electrons. The van der Waals surface area contributed by atoms with Crippen LogP contribution >= 0.6 is 0 Å². The Balaban J connectivity index is 2.02. The Bertz CT molecular complexity index is 546. The Kier molecular flexibility index (Phi) is 5.11. The van der Waals surface area contributed by atoms with E-state index in [0.29, 0.717) is 6.42 Å². The van der Waals surface area contributed by atoms with Crippen molar-refractivity contribution in [1.29, 1.82) is 0 Å². The topological polar surface area (TPSA) is 0 Å². The zero-order valence-electron chi connectivity index (χ0n) is 12.0. The molecule has 2 rings (SSSR count). The highest BCUT2D eigenvalue weighted by molar-refractivity contribution is 5.83. The summed E-state index contributed by atoms with van der Waals surface area (Å²) < 4.78 is 28.4. The monoisotopic (exact) mass is 276 g/mol. The van der Waals surface area contributed by atoms with Crippen molar-refractivity contribution >= 4 is 10.8 Å². The van der Waals surface area contributed by atoms with Crippen LogP contribution in [0.2, 0.25) is 0 Å². The molecule has 0 nitrogen and oxygen atoms in total. The Morgan fingerprint density at radius 3 is 2.30 bits per heavy atom. The molecule has 0 atom stereocenters. The molecule has 0 aliphatic rings. The Hall–Kier alpha value is -1.44. The third kappa shape index (κ3) is 3.78. The summed E-state index contributed by atoms with van der Waals surface area (Å²) in [5.74, 6) is -2.71. The maximum atomic E-state index is 14.2. The molecule has 0 saturated heterocycles. The number of unbranched alkanes of at least 4 members (excludes halogenated alkanes) is 4. The number of rotatable bonds is 7. The molecular formula is C18H22F2. The van der Waals surface area contributed by atoms with Crippen LogP contribution in [-0.2, 0) is 5.92 Å². The fourth-order valence-corrected chi connectivity index (χ4v) is 2.51. The van der Waals surface area contributed by atoms with Gasteiger partial charge in [-0.3, -0.25) is 0 Å². The van der Waals surface area contributed by atoms with Crippen LogP contribution in [-0.4, -0.2) is 0 Å². The molecule has 0 saturated carbocycles. The van der Waals surface area contributed by atoms with Crippen LogP contribution in [0.5, 0.6) is 0 Å². The van der Waals surface area contributed by atoms with Crippen molar-refractivity contribution in [2.45, 2.75) is 51.4 Å². The van der Waals surface area contributed by atoms with Crippen molar-refractivity contribution < 1.29 is 8.78 Å². The van der Waals surface area contributed by atoms with E-state index >= 15 is 0 Å². The Morgan fingerprint density at radius 2 is 1.55 bits per heavy atom. The van der Waals surface area contributed by atoms with Gasteiger partial charge in [0.25, 0.3) is 5.92 Å². The lowest BCUT2D eigenvalue weighted by atomic mass is 9.98. The average molecular weight is 276 g/mol. The van der Waals surface area contributed by atoms with E-state index < -0.39 is 5.92 Å². The van der Waals surface area contributed by atoms with Gasteiger partial charge >= 0.3 is 0 Å². The first-order valence-corrected chi connectivity index (χ1v) is 7.50. The van der Waals surface area contributed by atoms with Crippen LogP contribution in [0, 0.1) is 0 Å². The summed E-state index contributed by atoms with van der Waals surface area (Å²) in [7, 11) is 0. The van der Waals surface area contributed by atoms with E-state index in [9.17, 15) is 8.78 Å². The summed E-state index contributed by atoms with van der Waals surface area (Å²) in [6.07, 6.45) is 4.79. The highest BCUT2D eigenvalue weighted by Crippen LogP contribution is 2.35. The SMILES string of the molecule is CCCCCCCC(F)(F)c1ccc2ccccc2c1. The first-order valence-electron chi connectivity index (χ1n) is 7.50. The van der Waals surface area contributed by atoms with E-state index in [4.69, 9.17) is 0 Å². The Labute approximate surface area is 119 Å². The molecule has 0 aromatic heterocycles. The molecule has 0 amide bonds.